The van der Waals surface area contributed by atoms with Gasteiger partial charge in [-0.3, -0.25) is 0 Å². The molecule has 0 heterocycles. The predicted octanol–water partition coefficient (Wildman–Crippen LogP) is 3.10. The average molecular weight is 266 g/mol. The number of halogens is 1. The first-order valence-electron chi connectivity index (χ1n) is 6.56. The van der Waals surface area contributed by atoms with Crippen molar-refractivity contribution in [2.75, 3.05) is 11.1 Å². The first-order chi connectivity index (χ1) is 8.97. The molecular weight excluding hydrogens is 247 g/mol. The molecule has 4 N–H and O–H groups in total. The fourth-order valence-electron chi connectivity index (χ4n) is 2.67. The fraction of sp³-hybridized carbons (Fsp3) is 0.500. The van der Waals surface area contributed by atoms with E-state index in [9.17, 15) is 9.18 Å². The molecule has 2 unspecified atom stereocenters. The fourth-order valence-corrected chi connectivity index (χ4v) is 2.67. The molecule has 0 bridgehead atoms. The van der Waals surface area contributed by atoms with Gasteiger partial charge in [0.2, 0.25) is 0 Å². The smallest absolute Gasteiger partial charge is 0.337 e. The van der Waals surface area contributed by atoms with Gasteiger partial charge in [0, 0.05) is 11.7 Å². The molecule has 0 aliphatic heterocycles. The molecule has 1 aliphatic carbocycles. The molecule has 1 aromatic rings. The van der Waals surface area contributed by atoms with Crippen molar-refractivity contribution in [1.29, 1.82) is 0 Å². The number of benzene rings is 1. The Bertz CT molecular complexity index is 491. The van der Waals surface area contributed by atoms with Crippen LogP contribution in [0.3, 0.4) is 0 Å². The number of anilines is 2. The zero-order chi connectivity index (χ0) is 14.0. The molecule has 0 amide bonds. The Labute approximate surface area is 111 Å². The second-order valence-corrected chi connectivity index (χ2v) is 5.34. The van der Waals surface area contributed by atoms with Gasteiger partial charge >= 0.3 is 5.97 Å². The maximum atomic E-state index is 13.8. The van der Waals surface area contributed by atoms with E-state index in [1.165, 1.54) is 12.5 Å². The van der Waals surface area contributed by atoms with Crippen molar-refractivity contribution in [3.8, 4) is 0 Å². The number of hydrogen-bond acceptors (Lipinski definition) is 3. The van der Waals surface area contributed by atoms with Gasteiger partial charge in [-0.05, 0) is 30.9 Å². The predicted molar refractivity (Wildman–Crippen MR) is 72.8 cm³/mol. The van der Waals surface area contributed by atoms with Crippen molar-refractivity contribution >= 4 is 17.3 Å². The lowest BCUT2D eigenvalue weighted by molar-refractivity contribution is 0.0698. The largest absolute Gasteiger partial charge is 0.478 e. The molecule has 1 aromatic carbocycles. The molecule has 2 rings (SSSR count). The minimum absolute atomic E-state index is 0.0486. The van der Waals surface area contributed by atoms with Crippen LogP contribution in [0.25, 0.3) is 0 Å². The van der Waals surface area contributed by atoms with E-state index >= 15 is 0 Å². The normalized spacial score (nSPS) is 23.1. The number of hydrogen-bond donors (Lipinski definition) is 3. The Morgan fingerprint density at radius 1 is 1.47 bits per heavy atom. The van der Waals surface area contributed by atoms with E-state index in [1.807, 2.05) is 0 Å². The maximum Gasteiger partial charge on any atom is 0.337 e. The summed E-state index contributed by atoms with van der Waals surface area (Å²) in [6, 6.07) is 2.55. The number of carboxylic acids is 1. The lowest BCUT2D eigenvalue weighted by atomic mass is 9.87. The number of nitrogen functional groups attached to an aromatic ring is 1. The highest BCUT2D eigenvalue weighted by Crippen LogP contribution is 2.29. The highest BCUT2D eigenvalue weighted by molar-refractivity contribution is 5.94. The quantitative estimate of drug-likeness (QED) is 0.735. The minimum atomic E-state index is -1.14. The number of carboxylic acid groups (broad SMARTS) is 1. The van der Waals surface area contributed by atoms with Gasteiger partial charge in [0.25, 0.3) is 0 Å². The van der Waals surface area contributed by atoms with E-state index in [-0.39, 0.29) is 23.0 Å². The van der Waals surface area contributed by atoms with Gasteiger partial charge in [-0.2, -0.15) is 0 Å². The van der Waals surface area contributed by atoms with E-state index in [0.29, 0.717) is 5.92 Å². The molecule has 1 aliphatic rings. The van der Waals surface area contributed by atoms with Gasteiger partial charge < -0.3 is 16.2 Å². The lowest BCUT2D eigenvalue weighted by Crippen LogP contribution is -2.26. The number of aromatic carboxylic acids is 1. The van der Waals surface area contributed by atoms with Gasteiger partial charge in [-0.1, -0.05) is 19.8 Å². The summed E-state index contributed by atoms with van der Waals surface area (Å²) in [5.41, 5.74) is 5.61. The third-order valence-corrected chi connectivity index (χ3v) is 3.67. The molecule has 0 aromatic heterocycles. The zero-order valence-corrected chi connectivity index (χ0v) is 10.9. The molecule has 4 nitrogen and oxygen atoms in total. The van der Waals surface area contributed by atoms with Gasteiger partial charge in [-0.25, -0.2) is 9.18 Å². The maximum absolute atomic E-state index is 13.8. The molecule has 0 radical (unpaired) electrons. The second-order valence-electron chi connectivity index (χ2n) is 5.34. The van der Waals surface area contributed by atoms with Crippen LogP contribution in [0.5, 0.6) is 0 Å². The highest BCUT2D eigenvalue weighted by Gasteiger charge is 2.21. The second kappa shape index (κ2) is 5.47. The Hall–Kier alpha value is -1.78. The Kier molecular flexibility index (Phi) is 3.93. The summed E-state index contributed by atoms with van der Waals surface area (Å²) in [5, 5.41) is 12.1. The third kappa shape index (κ3) is 3.16. The summed E-state index contributed by atoms with van der Waals surface area (Å²) in [5.74, 6) is -1.03. The third-order valence-electron chi connectivity index (χ3n) is 3.67. The van der Waals surface area contributed by atoms with E-state index in [2.05, 4.69) is 12.2 Å². The number of rotatable bonds is 3. The monoisotopic (exact) mass is 266 g/mol. The van der Waals surface area contributed by atoms with E-state index < -0.39 is 11.8 Å². The zero-order valence-electron chi connectivity index (χ0n) is 10.9. The highest BCUT2D eigenvalue weighted by atomic mass is 19.1. The van der Waals surface area contributed by atoms with Crippen molar-refractivity contribution in [2.45, 2.75) is 38.6 Å². The van der Waals surface area contributed by atoms with Crippen LogP contribution < -0.4 is 11.1 Å². The molecule has 1 saturated carbocycles. The van der Waals surface area contributed by atoms with Crippen LogP contribution in [0.4, 0.5) is 15.8 Å². The van der Waals surface area contributed by atoms with Crippen LogP contribution in [0.1, 0.15) is 43.0 Å². The molecule has 1 fully saturated rings. The van der Waals surface area contributed by atoms with Crippen LogP contribution in [-0.2, 0) is 0 Å². The average Bonchev–Trinajstić information content (AvgIpc) is 2.32. The van der Waals surface area contributed by atoms with Crippen LogP contribution in [-0.4, -0.2) is 17.1 Å². The Balaban J connectivity index is 2.19. The Morgan fingerprint density at radius 3 is 2.84 bits per heavy atom. The van der Waals surface area contributed by atoms with E-state index in [0.717, 1.165) is 25.3 Å². The van der Waals surface area contributed by atoms with Crippen molar-refractivity contribution in [1.82, 2.24) is 0 Å². The molecule has 0 saturated heterocycles. The number of nitrogens with two attached hydrogens (primary N) is 1. The molecule has 0 spiro atoms. The van der Waals surface area contributed by atoms with Crippen LogP contribution in [0.2, 0.25) is 0 Å². The van der Waals surface area contributed by atoms with Gasteiger partial charge in [0.1, 0.15) is 5.82 Å². The van der Waals surface area contributed by atoms with Crippen LogP contribution >= 0.6 is 0 Å². The molecule has 5 heteroatoms. The van der Waals surface area contributed by atoms with Crippen molar-refractivity contribution in [3.63, 3.8) is 0 Å². The SMILES string of the molecule is CC1CCCC(Nc2cc(C(=O)O)c(N)cc2F)C1. The van der Waals surface area contributed by atoms with Gasteiger partial charge in [0.05, 0.1) is 11.3 Å². The Morgan fingerprint density at radius 2 is 2.21 bits per heavy atom. The first-order valence-corrected chi connectivity index (χ1v) is 6.56. The topological polar surface area (TPSA) is 75.3 Å². The van der Waals surface area contributed by atoms with E-state index in [4.69, 9.17) is 10.8 Å². The van der Waals surface area contributed by atoms with Crippen LogP contribution in [0.15, 0.2) is 12.1 Å². The summed E-state index contributed by atoms with van der Waals surface area (Å²) in [6.45, 7) is 2.18. The molecule has 2 atom stereocenters. The standard InChI is InChI=1S/C14H19FN2O2/c1-8-3-2-4-9(5-8)17-13-6-10(14(18)19)12(16)7-11(13)15/h6-9,17H,2-5,16H2,1H3,(H,18,19). The summed E-state index contributed by atoms with van der Waals surface area (Å²) < 4.78 is 13.8. The molecule has 19 heavy (non-hydrogen) atoms. The molecular formula is C14H19FN2O2. The summed E-state index contributed by atoms with van der Waals surface area (Å²) in [7, 11) is 0. The number of carbonyl (C=O) groups is 1. The lowest BCUT2D eigenvalue weighted by Gasteiger charge is -2.28. The number of nitrogens with one attached hydrogen (secondary N) is 1. The van der Waals surface area contributed by atoms with Gasteiger partial charge in [0.15, 0.2) is 0 Å². The van der Waals surface area contributed by atoms with Crippen molar-refractivity contribution in [3.05, 3.63) is 23.5 Å². The summed E-state index contributed by atoms with van der Waals surface area (Å²) >= 11 is 0. The van der Waals surface area contributed by atoms with Crippen LogP contribution in [0, 0.1) is 11.7 Å². The minimum Gasteiger partial charge on any atom is -0.478 e. The van der Waals surface area contributed by atoms with E-state index in [1.54, 1.807) is 0 Å². The van der Waals surface area contributed by atoms with Gasteiger partial charge in [-0.15, -0.1) is 0 Å². The first kappa shape index (κ1) is 13.6. The van der Waals surface area contributed by atoms with Crippen molar-refractivity contribution in [2.24, 2.45) is 5.92 Å². The molecule has 104 valence electrons. The summed E-state index contributed by atoms with van der Waals surface area (Å²) in [4.78, 5) is 11.0. The van der Waals surface area contributed by atoms with Crippen molar-refractivity contribution < 1.29 is 14.3 Å². The summed E-state index contributed by atoms with van der Waals surface area (Å²) in [6.07, 6.45) is 4.27.